The number of ether oxygens (including phenoxy) is 3. The SMILES string of the molecule is COc1cc(NC(=O)c2ccccc2OCc2noc(C)n2)c(OC)cc1Cl. The zero-order valence-electron chi connectivity index (χ0n) is 15.5. The Morgan fingerprint density at radius 2 is 1.89 bits per heavy atom. The Hall–Kier alpha value is -3.26. The van der Waals surface area contributed by atoms with Gasteiger partial charge in [-0.1, -0.05) is 28.9 Å². The van der Waals surface area contributed by atoms with E-state index in [1.54, 1.807) is 43.3 Å². The second-order valence-corrected chi connectivity index (χ2v) is 6.06. The summed E-state index contributed by atoms with van der Waals surface area (Å²) in [5.41, 5.74) is 0.746. The molecule has 28 heavy (non-hydrogen) atoms. The number of aryl methyl sites for hydroxylation is 1. The van der Waals surface area contributed by atoms with Gasteiger partial charge in [0, 0.05) is 19.1 Å². The summed E-state index contributed by atoms with van der Waals surface area (Å²) in [6.07, 6.45) is 0. The Morgan fingerprint density at radius 3 is 2.57 bits per heavy atom. The van der Waals surface area contributed by atoms with E-state index in [2.05, 4.69) is 15.5 Å². The summed E-state index contributed by atoms with van der Waals surface area (Å²) in [5, 5.41) is 6.93. The molecule has 0 saturated carbocycles. The summed E-state index contributed by atoms with van der Waals surface area (Å²) in [6, 6.07) is 9.98. The van der Waals surface area contributed by atoms with Crippen molar-refractivity contribution in [2.75, 3.05) is 19.5 Å². The van der Waals surface area contributed by atoms with E-state index in [9.17, 15) is 4.79 Å². The van der Waals surface area contributed by atoms with Crippen molar-refractivity contribution < 1.29 is 23.5 Å². The minimum atomic E-state index is -0.387. The van der Waals surface area contributed by atoms with Crippen molar-refractivity contribution in [3.8, 4) is 17.2 Å². The number of para-hydroxylation sites is 1. The molecule has 0 atom stereocenters. The van der Waals surface area contributed by atoms with Crippen molar-refractivity contribution in [1.29, 1.82) is 0 Å². The number of aromatic nitrogens is 2. The van der Waals surface area contributed by atoms with E-state index in [4.69, 9.17) is 30.3 Å². The number of hydrogen-bond donors (Lipinski definition) is 1. The lowest BCUT2D eigenvalue weighted by molar-refractivity contribution is 0.102. The van der Waals surface area contributed by atoms with Gasteiger partial charge in [0.15, 0.2) is 6.61 Å². The highest BCUT2D eigenvalue weighted by atomic mass is 35.5. The number of benzene rings is 2. The van der Waals surface area contributed by atoms with Crippen LogP contribution in [0.15, 0.2) is 40.9 Å². The van der Waals surface area contributed by atoms with Gasteiger partial charge in [0.05, 0.1) is 30.5 Å². The van der Waals surface area contributed by atoms with Crippen LogP contribution >= 0.6 is 11.6 Å². The normalized spacial score (nSPS) is 10.4. The molecule has 0 unspecified atom stereocenters. The molecule has 0 saturated heterocycles. The summed E-state index contributed by atoms with van der Waals surface area (Å²) < 4.78 is 21.1. The van der Waals surface area contributed by atoms with Crippen LogP contribution in [0.5, 0.6) is 17.2 Å². The first kappa shape index (κ1) is 19.5. The number of carbonyl (C=O) groups is 1. The van der Waals surface area contributed by atoms with Crippen LogP contribution in [0.2, 0.25) is 5.02 Å². The van der Waals surface area contributed by atoms with E-state index >= 15 is 0 Å². The van der Waals surface area contributed by atoms with Gasteiger partial charge >= 0.3 is 0 Å². The molecule has 146 valence electrons. The molecule has 1 amide bonds. The number of anilines is 1. The molecule has 1 aromatic heterocycles. The van der Waals surface area contributed by atoms with E-state index in [1.807, 2.05) is 0 Å². The molecule has 2 aromatic carbocycles. The smallest absolute Gasteiger partial charge is 0.259 e. The van der Waals surface area contributed by atoms with Gasteiger partial charge in [-0.25, -0.2) is 0 Å². The summed E-state index contributed by atoms with van der Waals surface area (Å²) in [7, 11) is 2.97. The lowest BCUT2D eigenvalue weighted by Crippen LogP contribution is -2.14. The summed E-state index contributed by atoms with van der Waals surface area (Å²) in [5.74, 6) is 1.63. The number of hydrogen-bond acceptors (Lipinski definition) is 7. The second-order valence-electron chi connectivity index (χ2n) is 5.66. The van der Waals surface area contributed by atoms with Gasteiger partial charge in [0.25, 0.3) is 5.91 Å². The van der Waals surface area contributed by atoms with Gasteiger partial charge < -0.3 is 24.1 Å². The third kappa shape index (κ3) is 4.34. The Morgan fingerprint density at radius 1 is 1.14 bits per heavy atom. The highest BCUT2D eigenvalue weighted by Gasteiger charge is 2.17. The number of nitrogens with one attached hydrogen (secondary N) is 1. The van der Waals surface area contributed by atoms with Gasteiger partial charge in [0.2, 0.25) is 11.7 Å². The summed E-state index contributed by atoms with van der Waals surface area (Å²) in [4.78, 5) is 16.9. The van der Waals surface area contributed by atoms with E-state index < -0.39 is 0 Å². The van der Waals surface area contributed by atoms with Crippen LogP contribution < -0.4 is 19.5 Å². The first-order chi connectivity index (χ1) is 13.5. The number of nitrogens with zero attached hydrogens (tertiary/aromatic N) is 2. The van der Waals surface area contributed by atoms with E-state index in [0.29, 0.717) is 45.2 Å². The van der Waals surface area contributed by atoms with Crippen molar-refractivity contribution in [1.82, 2.24) is 10.1 Å². The Balaban J connectivity index is 1.81. The van der Waals surface area contributed by atoms with Crippen LogP contribution in [-0.4, -0.2) is 30.3 Å². The largest absolute Gasteiger partial charge is 0.495 e. The fraction of sp³-hybridized carbons (Fsp3) is 0.211. The van der Waals surface area contributed by atoms with Crippen molar-refractivity contribution in [3.63, 3.8) is 0 Å². The molecule has 3 aromatic rings. The molecule has 0 aliphatic carbocycles. The fourth-order valence-corrected chi connectivity index (χ4v) is 2.70. The van der Waals surface area contributed by atoms with Gasteiger partial charge in [-0.3, -0.25) is 4.79 Å². The van der Waals surface area contributed by atoms with Crippen LogP contribution in [-0.2, 0) is 6.61 Å². The van der Waals surface area contributed by atoms with Gasteiger partial charge in [-0.2, -0.15) is 4.98 Å². The first-order valence-electron chi connectivity index (χ1n) is 8.25. The third-order valence-electron chi connectivity index (χ3n) is 3.78. The molecule has 0 aliphatic heterocycles. The maximum absolute atomic E-state index is 12.8. The molecular weight excluding hydrogens is 386 g/mol. The second kappa shape index (κ2) is 8.62. The topological polar surface area (TPSA) is 95.7 Å². The van der Waals surface area contributed by atoms with Crippen molar-refractivity contribution in [3.05, 3.63) is 58.7 Å². The summed E-state index contributed by atoms with van der Waals surface area (Å²) >= 11 is 6.10. The van der Waals surface area contributed by atoms with Gasteiger partial charge in [0.1, 0.15) is 17.2 Å². The molecule has 0 spiro atoms. The molecule has 8 nitrogen and oxygen atoms in total. The first-order valence-corrected chi connectivity index (χ1v) is 8.63. The molecular formula is C19H18ClN3O5. The van der Waals surface area contributed by atoms with Crippen LogP contribution in [0.1, 0.15) is 22.1 Å². The maximum Gasteiger partial charge on any atom is 0.259 e. The average Bonchev–Trinajstić information content (AvgIpc) is 3.12. The molecule has 0 bridgehead atoms. The van der Waals surface area contributed by atoms with Gasteiger partial charge in [-0.05, 0) is 12.1 Å². The predicted molar refractivity (Wildman–Crippen MR) is 102 cm³/mol. The number of halogens is 1. The van der Waals surface area contributed by atoms with E-state index in [-0.39, 0.29) is 12.5 Å². The molecule has 1 N–H and O–H groups in total. The van der Waals surface area contributed by atoms with Crippen molar-refractivity contribution >= 4 is 23.2 Å². The Bertz CT molecular complexity index is 989. The molecule has 9 heteroatoms. The van der Waals surface area contributed by atoms with Crippen molar-refractivity contribution in [2.45, 2.75) is 13.5 Å². The quantitative estimate of drug-likeness (QED) is 0.639. The minimum Gasteiger partial charge on any atom is -0.495 e. The lowest BCUT2D eigenvalue weighted by Gasteiger charge is -2.14. The fourth-order valence-electron chi connectivity index (χ4n) is 2.47. The highest BCUT2D eigenvalue weighted by Crippen LogP contribution is 2.36. The standard InChI is InChI=1S/C19H18ClN3O5/c1-11-21-18(23-28-11)10-27-15-7-5-4-6-12(15)19(24)22-14-9-16(25-2)13(20)8-17(14)26-3/h4-9H,10H2,1-3H3,(H,22,24). The van der Waals surface area contributed by atoms with Gasteiger partial charge in [-0.15, -0.1) is 0 Å². The Labute approximate surface area is 166 Å². The van der Waals surface area contributed by atoms with E-state index in [1.165, 1.54) is 14.2 Å². The average molecular weight is 404 g/mol. The predicted octanol–water partition coefficient (Wildman–Crippen LogP) is 3.88. The number of amides is 1. The molecule has 0 aliphatic rings. The minimum absolute atomic E-state index is 0.0692. The molecule has 0 fully saturated rings. The zero-order valence-corrected chi connectivity index (χ0v) is 16.2. The van der Waals surface area contributed by atoms with Crippen LogP contribution in [0, 0.1) is 6.92 Å². The van der Waals surface area contributed by atoms with E-state index in [0.717, 1.165) is 0 Å². The monoisotopic (exact) mass is 403 g/mol. The molecule has 0 radical (unpaired) electrons. The summed E-state index contributed by atoms with van der Waals surface area (Å²) in [6.45, 7) is 1.76. The van der Waals surface area contributed by atoms with Crippen LogP contribution in [0.3, 0.4) is 0 Å². The zero-order chi connectivity index (χ0) is 20.1. The lowest BCUT2D eigenvalue weighted by atomic mass is 10.1. The third-order valence-corrected chi connectivity index (χ3v) is 4.08. The van der Waals surface area contributed by atoms with Crippen LogP contribution in [0.4, 0.5) is 5.69 Å². The van der Waals surface area contributed by atoms with Crippen LogP contribution in [0.25, 0.3) is 0 Å². The number of methoxy groups -OCH3 is 2. The number of carbonyl (C=O) groups excluding carboxylic acids is 1. The van der Waals surface area contributed by atoms with Crippen molar-refractivity contribution in [2.24, 2.45) is 0 Å². The molecule has 1 heterocycles. The molecule has 3 rings (SSSR count). The highest BCUT2D eigenvalue weighted by molar-refractivity contribution is 6.32. The number of rotatable bonds is 7. The maximum atomic E-state index is 12.8. The Kier molecular flexibility index (Phi) is 6.00.